The Morgan fingerprint density at radius 3 is 2.23 bits per heavy atom. The minimum atomic E-state index is -2.80. The Kier molecular flexibility index (Phi) is 2.28. The van der Waals surface area contributed by atoms with Gasteiger partial charge in [-0.2, -0.15) is 13.5 Å². The number of rotatable bonds is 1. The van der Waals surface area contributed by atoms with Crippen molar-refractivity contribution in [3.05, 3.63) is 22.1 Å². The van der Waals surface area contributed by atoms with Crippen molar-refractivity contribution < 1.29 is 8.78 Å². The molecule has 0 aliphatic carbocycles. The lowest BCUT2D eigenvalue weighted by atomic mass is 9.89. The highest BCUT2D eigenvalue weighted by Crippen LogP contribution is 2.18. The number of aromatic nitrogens is 2. The van der Waals surface area contributed by atoms with Crippen molar-refractivity contribution in [2.75, 3.05) is 0 Å². The first-order valence-electron chi connectivity index (χ1n) is 3.92. The van der Waals surface area contributed by atoms with E-state index in [0.29, 0.717) is 10.2 Å². The molecular formula is C8H12F2N2O. The Morgan fingerprint density at radius 1 is 1.46 bits per heavy atom. The highest BCUT2D eigenvalue weighted by molar-refractivity contribution is 5.15. The van der Waals surface area contributed by atoms with Crippen LogP contribution < -0.4 is 5.56 Å². The number of aromatic amines is 1. The molecule has 0 unspecified atom stereocenters. The van der Waals surface area contributed by atoms with Gasteiger partial charge in [0, 0.05) is 11.8 Å². The molecule has 0 atom stereocenters. The van der Waals surface area contributed by atoms with Gasteiger partial charge in [0.25, 0.3) is 5.56 Å². The van der Waals surface area contributed by atoms with Crippen molar-refractivity contribution in [3.63, 3.8) is 0 Å². The van der Waals surface area contributed by atoms with Gasteiger partial charge in [-0.25, -0.2) is 0 Å². The van der Waals surface area contributed by atoms with Gasteiger partial charge in [0.2, 0.25) is 0 Å². The molecule has 3 nitrogen and oxygen atoms in total. The first kappa shape index (κ1) is 9.95. The minimum absolute atomic E-state index is 0.320. The molecular weight excluding hydrogens is 178 g/mol. The Bertz CT molecular complexity index is 346. The summed E-state index contributed by atoms with van der Waals surface area (Å²) in [6.45, 7) is 2.59. The molecule has 0 aliphatic heterocycles. The van der Waals surface area contributed by atoms with Crippen LogP contribution in [0.1, 0.15) is 32.9 Å². The molecule has 0 amide bonds. The fourth-order valence-corrected chi connectivity index (χ4v) is 1.07. The number of halogens is 2. The van der Waals surface area contributed by atoms with Crippen molar-refractivity contribution in [2.45, 2.75) is 32.7 Å². The number of nitrogens with zero attached hydrogens (tertiary/aromatic N) is 1. The third kappa shape index (κ3) is 1.79. The monoisotopic (exact) mass is 190 g/mol. The maximum Gasteiger partial charge on any atom is 0.334 e. The molecule has 1 N–H and O–H groups in total. The normalized spacial score (nSPS) is 12.5. The zero-order chi connectivity index (χ0) is 10.2. The summed E-state index contributed by atoms with van der Waals surface area (Å²) < 4.78 is 24.6. The quantitative estimate of drug-likeness (QED) is 0.721. The topological polar surface area (TPSA) is 37.8 Å². The van der Waals surface area contributed by atoms with E-state index in [1.54, 1.807) is 20.8 Å². The molecule has 0 aromatic carbocycles. The number of hydrogen-bond acceptors (Lipinski definition) is 1. The molecule has 1 aromatic heterocycles. The highest BCUT2D eigenvalue weighted by Gasteiger charge is 2.22. The molecule has 74 valence electrons. The van der Waals surface area contributed by atoms with E-state index >= 15 is 0 Å². The molecule has 0 saturated carbocycles. The molecule has 0 radical (unpaired) electrons. The maximum atomic E-state index is 12.2. The van der Waals surface area contributed by atoms with Gasteiger partial charge >= 0.3 is 6.55 Å². The molecule has 0 aliphatic rings. The van der Waals surface area contributed by atoms with Crippen molar-refractivity contribution in [2.24, 2.45) is 0 Å². The van der Waals surface area contributed by atoms with E-state index in [1.165, 1.54) is 6.20 Å². The number of hydrogen-bond donors (Lipinski definition) is 1. The largest absolute Gasteiger partial charge is 0.334 e. The van der Waals surface area contributed by atoms with Crippen molar-refractivity contribution >= 4 is 0 Å². The van der Waals surface area contributed by atoms with Crippen LogP contribution in [0.2, 0.25) is 0 Å². The second-order valence-electron chi connectivity index (χ2n) is 3.89. The third-order valence-electron chi connectivity index (χ3n) is 1.80. The van der Waals surface area contributed by atoms with E-state index < -0.39 is 17.5 Å². The van der Waals surface area contributed by atoms with Gasteiger partial charge in [0.15, 0.2) is 0 Å². The zero-order valence-electron chi connectivity index (χ0n) is 7.77. The van der Waals surface area contributed by atoms with Crippen LogP contribution in [0.5, 0.6) is 0 Å². The van der Waals surface area contributed by atoms with Crippen LogP contribution in [-0.2, 0) is 5.41 Å². The predicted molar refractivity (Wildman–Crippen MR) is 45.0 cm³/mol. The average molecular weight is 190 g/mol. The minimum Gasteiger partial charge on any atom is -0.298 e. The summed E-state index contributed by atoms with van der Waals surface area (Å²) in [6.07, 6.45) is 1.33. The van der Waals surface area contributed by atoms with Gasteiger partial charge in [-0.05, 0) is 5.41 Å². The summed E-state index contributed by atoms with van der Waals surface area (Å²) in [4.78, 5) is 11.3. The molecule has 1 heterocycles. The smallest absolute Gasteiger partial charge is 0.298 e. The lowest BCUT2D eigenvalue weighted by Crippen LogP contribution is -2.26. The second kappa shape index (κ2) is 2.97. The summed E-state index contributed by atoms with van der Waals surface area (Å²) >= 11 is 0. The second-order valence-corrected chi connectivity index (χ2v) is 3.89. The van der Waals surface area contributed by atoms with Gasteiger partial charge in [-0.15, -0.1) is 0 Å². The fourth-order valence-electron chi connectivity index (χ4n) is 1.07. The molecule has 1 rings (SSSR count). The van der Waals surface area contributed by atoms with E-state index in [-0.39, 0.29) is 0 Å². The van der Waals surface area contributed by atoms with Crippen LogP contribution in [-0.4, -0.2) is 9.78 Å². The van der Waals surface area contributed by atoms with Crippen molar-refractivity contribution in [3.8, 4) is 0 Å². The molecule has 0 spiro atoms. The molecule has 5 heteroatoms. The summed E-state index contributed by atoms with van der Waals surface area (Å²) in [5.41, 5.74) is -0.691. The number of nitrogens with one attached hydrogen (secondary N) is 1. The predicted octanol–water partition coefficient (Wildman–Crippen LogP) is 1.87. The molecule has 0 fully saturated rings. The van der Waals surface area contributed by atoms with E-state index in [1.807, 2.05) is 0 Å². The summed E-state index contributed by atoms with van der Waals surface area (Å²) in [5, 5.41) is 2.23. The van der Waals surface area contributed by atoms with Crippen LogP contribution in [0, 0.1) is 0 Å². The van der Waals surface area contributed by atoms with Gasteiger partial charge in [-0.1, -0.05) is 20.8 Å². The first-order valence-corrected chi connectivity index (χ1v) is 3.92. The Morgan fingerprint density at radius 2 is 2.00 bits per heavy atom. The Balaban J connectivity index is 3.23. The molecule has 1 aromatic rings. The van der Waals surface area contributed by atoms with E-state index in [2.05, 4.69) is 5.10 Å². The van der Waals surface area contributed by atoms with E-state index in [0.717, 1.165) is 0 Å². The molecule has 0 saturated heterocycles. The van der Waals surface area contributed by atoms with Gasteiger partial charge in [-0.3, -0.25) is 9.89 Å². The van der Waals surface area contributed by atoms with Crippen LogP contribution >= 0.6 is 0 Å². The lowest BCUT2D eigenvalue weighted by Gasteiger charge is -2.13. The van der Waals surface area contributed by atoms with Crippen LogP contribution in [0.3, 0.4) is 0 Å². The van der Waals surface area contributed by atoms with Crippen molar-refractivity contribution in [1.29, 1.82) is 0 Å². The van der Waals surface area contributed by atoms with Crippen LogP contribution in [0.25, 0.3) is 0 Å². The van der Waals surface area contributed by atoms with Gasteiger partial charge < -0.3 is 0 Å². The average Bonchev–Trinajstić information content (AvgIpc) is 2.28. The Labute approximate surface area is 74.4 Å². The lowest BCUT2D eigenvalue weighted by molar-refractivity contribution is 0.0529. The molecule has 0 bridgehead atoms. The SMILES string of the molecule is CC(C)(C)c1c[nH]n(C(F)F)c1=O. The first-order chi connectivity index (χ1) is 5.84. The van der Waals surface area contributed by atoms with E-state index in [4.69, 9.17) is 0 Å². The number of alkyl halides is 2. The Hall–Kier alpha value is -1.13. The van der Waals surface area contributed by atoms with Crippen LogP contribution in [0.15, 0.2) is 11.0 Å². The van der Waals surface area contributed by atoms with Crippen LogP contribution in [0.4, 0.5) is 8.78 Å². The maximum absolute atomic E-state index is 12.2. The standard InChI is InChI=1S/C8H12F2N2O/c1-8(2,3)5-4-11-12(6(5)13)7(9)10/h4,7,11H,1-3H3. The zero-order valence-corrected chi connectivity index (χ0v) is 7.77. The fraction of sp³-hybridized carbons (Fsp3) is 0.625. The highest BCUT2D eigenvalue weighted by atomic mass is 19.3. The summed E-state index contributed by atoms with van der Waals surface area (Å²) in [5.74, 6) is 0. The summed E-state index contributed by atoms with van der Waals surface area (Å²) in [7, 11) is 0. The van der Waals surface area contributed by atoms with Crippen molar-refractivity contribution in [1.82, 2.24) is 9.78 Å². The summed E-state index contributed by atoms with van der Waals surface area (Å²) in [6, 6.07) is 0. The van der Waals surface area contributed by atoms with E-state index in [9.17, 15) is 13.6 Å². The molecule has 13 heavy (non-hydrogen) atoms. The number of H-pyrrole nitrogens is 1. The van der Waals surface area contributed by atoms with Gasteiger partial charge in [0.1, 0.15) is 0 Å². The van der Waals surface area contributed by atoms with Gasteiger partial charge in [0.05, 0.1) is 0 Å². The third-order valence-corrected chi connectivity index (χ3v) is 1.80.